The smallest absolute Gasteiger partial charge is 0.0766 e. The van der Waals surface area contributed by atoms with Crippen LogP contribution in [0.5, 0.6) is 0 Å². The number of nitrogens with two attached hydrogens (primary N) is 1. The van der Waals surface area contributed by atoms with E-state index in [1.807, 2.05) is 11.7 Å². The summed E-state index contributed by atoms with van der Waals surface area (Å²) in [6.07, 6.45) is 1.71. The molecule has 0 aliphatic carbocycles. The molecule has 4 nitrogen and oxygen atoms in total. The van der Waals surface area contributed by atoms with E-state index >= 15 is 0 Å². The molecule has 2 rings (SSSR count). The molecule has 2 aromatic rings. The van der Waals surface area contributed by atoms with Crippen molar-refractivity contribution < 1.29 is 0 Å². The minimum atomic E-state index is 0.0707. The number of aromatic nitrogens is 2. The summed E-state index contributed by atoms with van der Waals surface area (Å²) in [5.74, 6) is 5.82. The Bertz CT molecular complexity index is 633. The Kier molecular flexibility index (Phi) is 5.19. The highest BCUT2D eigenvalue weighted by atomic mass is 79.9. The van der Waals surface area contributed by atoms with Crippen LogP contribution >= 0.6 is 15.9 Å². The second-order valence-electron chi connectivity index (χ2n) is 5.47. The van der Waals surface area contributed by atoms with Crippen molar-refractivity contribution in [3.63, 3.8) is 0 Å². The lowest BCUT2D eigenvalue weighted by molar-refractivity contribution is 0.526. The Hall–Kier alpha value is -1.17. The summed E-state index contributed by atoms with van der Waals surface area (Å²) in [6, 6.07) is 6.54. The van der Waals surface area contributed by atoms with Gasteiger partial charge in [0.05, 0.1) is 21.9 Å². The van der Waals surface area contributed by atoms with E-state index in [1.54, 1.807) is 0 Å². The average Bonchev–Trinajstić information content (AvgIpc) is 2.74. The molecule has 0 aliphatic heterocycles. The molecule has 1 aromatic heterocycles. The maximum Gasteiger partial charge on any atom is 0.0766 e. The number of aryl methyl sites for hydroxylation is 4. The van der Waals surface area contributed by atoms with Crippen LogP contribution in [0.2, 0.25) is 0 Å². The van der Waals surface area contributed by atoms with Gasteiger partial charge in [0.15, 0.2) is 0 Å². The van der Waals surface area contributed by atoms with Crippen molar-refractivity contribution in [2.24, 2.45) is 12.9 Å². The quantitative estimate of drug-likeness (QED) is 0.643. The third-order valence-electron chi connectivity index (χ3n) is 3.91. The van der Waals surface area contributed by atoms with Crippen LogP contribution in [-0.2, 0) is 19.9 Å². The van der Waals surface area contributed by atoms with E-state index in [1.165, 1.54) is 16.7 Å². The molecule has 0 saturated carbocycles. The van der Waals surface area contributed by atoms with Crippen molar-refractivity contribution >= 4 is 15.9 Å². The van der Waals surface area contributed by atoms with Crippen LogP contribution in [0.1, 0.15) is 41.0 Å². The van der Waals surface area contributed by atoms with E-state index in [0.29, 0.717) is 0 Å². The Morgan fingerprint density at radius 3 is 2.67 bits per heavy atom. The first-order valence-electron chi connectivity index (χ1n) is 7.21. The van der Waals surface area contributed by atoms with Gasteiger partial charge in [0.1, 0.15) is 0 Å². The molecule has 21 heavy (non-hydrogen) atoms. The van der Waals surface area contributed by atoms with Crippen molar-refractivity contribution in [2.75, 3.05) is 0 Å². The van der Waals surface area contributed by atoms with Crippen LogP contribution in [0.15, 0.2) is 22.7 Å². The van der Waals surface area contributed by atoms with Gasteiger partial charge in [-0.15, -0.1) is 0 Å². The maximum absolute atomic E-state index is 5.82. The van der Waals surface area contributed by atoms with E-state index in [9.17, 15) is 0 Å². The van der Waals surface area contributed by atoms with Gasteiger partial charge in [0.2, 0.25) is 0 Å². The number of halogens is 1. The first-order chi connectivity index (χ1) is 9.97. The molecule has 0 bridgehead atoms. The van der Waals surface area contributed by atoms with Gasteiger partial charge in [0.25, 0.3) is 0 Å². The summed E-state index contributed by atoms with van der Waals surface area (Å²) in [5, 5.41) is 4.55. The third-order valence-corrected chi connectivity index (χ3v) is 4.83. The van der Waals surface area contributed by atoms with Crippen LogP contribution in [0.3, 0.4) is 0 Å². The molecule has 0 amide bonds. The number of hydrogen-bond donors (Lipinski definition) is 2. The summed E-state index contributed by atoms with van der Waals surface area (Å²) in [5.41, 5.74) is 8.94. The van der Waals surface area contributed by atoms with Crippen molar-refractivity contribution in [3.05, 3.63) is 50.8 Å². The minimum Gasteiger partial charge on any atom is -0.271 e. The summed E-state index contributed by atoms with van der Waals surface area (Å²) in [7, 11) is 1.98. The molecule has 0 fully saturated rings. The highest BCUT2D eigenvalue weighted by Gasteiger charge is 2.19. The Morgan fingerprint density at radius 1 is 1.38 bits per heavy atom. The van der Waals surface area contributed by atoms with E-state index < -0.39 is 0 Å². The third kappa shape index (κ3) is 3.36. The molecule has 1 unspecified atom stereocenters. The second-order valence-corrected chi connectivity index (χ2v) is 6.26. The van der Waals surface area contributed by atoms with Gasteiger partial charge in [0, 0.05) is 13.5 Å². The summed E-state index contributed by atoms with van der Waals surface area (Å²) < 4.78 is 3.04. The first kappa shape index (κ1) is 16.2. The monoisotopic (exact) mass is 350 g/mol. The van der Waals surface area contributed by atoms with E-state index in [0.717, 1.165) is 28.7 Å². The number of hydrazine groups is 1. The van der Waals surface area contributed by atoms with Gasteiger partial charge in [-0.25, -0.2) is 0 Å². The minimum absolute atomic E-state index is 0.0707. The number of nitrogens with one attached hydrogen (secondary N) is 1. The van der Waals surface area contributed by atoms with Gasteiger partial charge in [-0.1, -0.05) is 30.7 Å². The maximum atomic E-state index is 5.82. The highest BCUT2D eigenvalue weighted by molar-refractivity contribution is 9.10. The summed E-state index contributed by atoms with van der Waals surface area (Å²) in [6.45, 7) is 6.33. The number of hydrogen-bond acceptors (Lipinski definition) is 3. The van der Waals surface area contributed by atoms with Crippen LogP contribution in [-0.4, -0.2) is 9.78 Å². The molecule has 0 spiro atoms. The van der Waals surface area contributed by atoms with Gasteiger partial charge < -0.3 is 0 Å². The largest absolute Gasteiger partial charge is 0.271 e. The Morgan fingerprint density at radius 2 is 2.10 bits per heavy atom. The van der Waals surface area contributed by atoms with Crippen LogP contribution < -0.4 is 11.3 Å². The standard InChI is InChI=1S/C16H23BrN4/c1-5-13-16(17)15(21(4)20-13)9-14(19-18)12-8-10(2)6-7-11(12)3/h6-8,14,19H,5,9,18H2,1-4H3. The van der Waals surface area contributed by atoms with Crippen molar-refractivity contribution in [1.29, 1.82) is 0 Å². The normalized spacial score (nSPS) is 12.7. The molecule has 3 N–H and O–H groups in total. The van der Waals surface area contributed by atoms with Crippen molar-refractivity contribution in [1.82, 2.24) is 15.2 Å². The average molecular weight is 351 g/mol. The zero-order valence-corrected chi connectivity index (χ0v) is 14.7. The summed E-state index contributed by atoms with van der Waals surface area (Å²) in [4.78, 5) is 0. The fourth-order valence-corrected chi connectivity index (χ4v) is 3.41. The lowest BCUT2D eigenvalue weighted by atomic mass is 9.96. The molecule has 1 atom stereocenters. The van der Waals surface area contributed by atoms with Gasteiger partial charge in [-0.05, 0) is 47.3 Å². The molecule has 5 heteroatoms. The predicted molar refractivity (Wildman–Crippen MR) is 90.0 cm³/mol. The lowest BCUT2D eigenvalue weighted by Crippen LogP contribution is -2.30. The molecular formula is C16H23BrN4. The number of nitrogens with zero attached hydrogens (tertiary/aromatic N) is 2. The van der Waals surface area contributed by atoms with E-state index in [2.05, 4.69) is 65.4 Å². The van der Waals surface area contributed by atoms with Crippen LogP contribution in [0, 0.1) is 13.8 Å². The molecule has 114 valence electrons. The van der Waals surface area contributed by atoms with Gasteiger partial charge in [-0.2, -0.15) is 5.10 Å². The number of benzene rings is 1. The SMILES string of the molecule is CCc1nn(C)c(CC(NN)c2cc(C)ccc2C)c1Br. The molecule has 0 aliphatic rings. The highest BCUT2D eigenvalue weighted by Crippen LogP contribution is 2.28. The Labute approximate surface area is 134 Å². The lowest BCUT2D eigenvalue weighted by Gasteiger charge is -2.19. The Balaban J connectivity index is 2.36. The van der Waals surface area contributed by atoms with Gasteiger partial charge >= 0.3 is 0 Å². The first-order valence-corrected chi connectivity index (χ1v) is 8.00. The predicted octanol–water partition coefficient (Wildman–Crippen LogP) is 3.11. The fraction of sp³-hybridized carbons (Fsp3) is 0.438. The number of rotatable bonds is 5. The van der Waals surface area contributed by atoms with Crippen LogP contribution in [0.4, 0.5) is 0 Å². The second kappa shape index (κ2) is 6.73. The van der Waals surface area contributed by atoms with Crippen molar-refractivity contribution in [2.45, 2.75) is 39.7 Å². The van der Waals surface area contributed by atoms with E-state index in [-0.39, 0.29) is 6.04 Å². The fourth-order valence-electron chi connectivity index (χ4n) is 2.63. The molecule has 0 saturated heterocycles. The van der Waals surface area contributed by atoms with Crippen molar-refractivity contribution in [3.8, 4) is 0 Å². The zero-order chi connectivity index (χ0) is 15.6. The molecule has 1 aromatic carbocycles. The topological polar surface area (TPSA) is 55.9 Å². The van der Waals surface area contributed by atoms with E-state index in [4.69, 9.17) is 5.84 Å². The summed E-state index contributed by atoms with van der Waals surface area (Å²) >= 11 is 3.67. The van der Waals surface area contributed by atoms with Gasteiger partial charge in [-0.3, -0.25) is 16.0 Å². The molecule has 0 radical (unpaired) electrons. The molecular weight excluding hydrogens is 328 g/mol. The molecule has 1 heterocycles. The zero-order valence-electron chi connectivity index (χ0n) is 13.1. The van der Waals surface area contributed by atoms with Crippen LogP contribution in [0.25, 0.3) is 0 Å².